The van der Waals surface area contributed by atoms with Gasteiger partial charge in [0, 0.05) is 107 Å². The number of ether oxygens (including phenoxy) is 4. The minimum atomic E-state index is -1.67. The van der Waals surface area contributed by atoms with Crippen LogP contribution in [0.2, 0.25) is 0 Å². The average Bonchev–Trinajstić information content (AvgIpc) is 1.65. The number of rotatable bonds is 15. The van der Waals surface area contributed by atoms with E-state index in [0.29, 0.717) is 74.1 Å². The number of hydrogen-bond donors (Lipinski definition) is 8. The number of nitrogens with one attached hydrogen (secondary N) is 7. The Bertz CT molecular complexity index is 4580. The van der Waals surface area contributed by atoms with Gasteiger partial charge in [0.2, 0.25) is 59.1 Å². The second-order valence-corrected chi connectivity index (χ2v) is 32.2. The molecule has 14 bridgehead atoms. The summed E-state index contributed by atoms with van der Waals surface area (Å²) >= 11 is 0. The van der Waals surface area contributed by atoms with Crippen LogP contribution in [0.5, 0.6) is 5.75 Å². The summed E-state index contributed by atoms with van der Waals surface area (Å²) in [4.78, 5) is 184. The molecule has 0 aliphatic carbocycles. The summed E-state index contributed by atoms with van der Waals surface area (Å²) < 4.78 is 43.2. The maximum absolute atomic E-state index is 16.4. The fourth-order valence-corrected chi connectivity index (χ4v) is 15.6. The molecular formula is C84H109FN15O17+. The molecule has 0 saturated carbocycles. The monoisotopic (exact) mass is 1620 g/mol. The third kappa shape index (κ3) is 23.5. The normalized spacial score (nSPS) is 24.2. The first kappa shape index (κ1) is 87.0. The Morgan fingerprint density at radius 1 is 0.726 bits per heavy atom. The lowest BCUT2D eigenvalue weighted by molar-refractivity contribution is -0.870. The molecule has 12 rings (SSSR count). The molecule has 2 fully saturated rings. The van der Waals surface area contributed by atoms with Crippen molar-refractivity contribution in [3.05, 3.63) is 148 Å². The fourth-order valence-electron chi connectivity index (χ4n) is 15.6. The number of fused-ring (bicyclic) bond motifs is 16. The molecule has 4 aromatic carbocycles. The maximum Gasteiger partial charge on any atom is 0.246 e. The molecule has 6 aliphatic rings. The highest BCUT2D eigenvalue weighted by molar-refractivity contribution is 6.00. The minimum absolute atomic E-state index is 0.0271. The number of Topliss-reactive ketones (excluding diaryl/α,β-unsaturated/α-hetero) is 2. The molecule has 33 heteroatoms. The van der Waals surface area contributed by atoms with Gasteiger partial charge in [0.1, 0.15) is 60.1 Å². The molecule has 0 spiro atoms. The average molecular weight is 1620 g/mol. The largest absolute Gasteiger partial charge is 0.497 e. The molecular weight excluding hydrogens is 1510 g/mol. The molecule has 2 saturated heterocycles. The lowest BCUT2D eigenvalue weighted by Gasteiger charge is -2.37. The molecule has 32 nitrogen and oxygen atoms in total. The van der Waals surface area contributed by atoms with E-state index in [0.717, 1.165) is 12.1 Å². The molecule has 2 aromatic heterocycles. The van der Waals surface area contributed by atoms with Crippen molar-refractivity contribution in [2.45, 2.75) is 172 Å². The van der Waals surface area contributed by atoms with Gasteiger partial charge >= 0.3 is 0 Å². The summed E-state index contributed by atoms with van der Waals surface area (Å²) in [7, 11) is 7.60. The quantitative estimate of drug-likeness (QED) is 0.0535. The van der Waals surface area contributed by atoms with Crippen LogP contribution in [0.4, 0.5) is 4.39 Å². The number of benzene rings is 4. The van der Waals surface area contributed by atoms with Crippen LogP contribution in [0, 0.1) is 17.7 Å². The number of ketones is 2. The van der Waals surface area contributed by atoms with Crippen LogP contribution in [0.3, 0.4) is 0 Å². The van der Waals surface area contributed by atoms with Gasteiger partial charge < -0.3 is 85.0 Å². The van der Waals surface area contributed by atoms with Crippen molar-refractivity contribution < 1.29 is 90.5 Å². The maximum atomic E-state index is 16.4. The van der Waals surface area contributed by atoms with Crippen LogP contribution >= 0.6 is 0 Å². The van der Waals surface area contributed by atoms with E-state index in [1.54, 1.807) is 88.1 Å². The van der Waals surface area contributed by atoms with Gasteiger partial charge in [-0.05, 0) is 123 Å². The smallest absolute Gasteiger partial charge is 0.246 e. The zero-order valence-electron chi connectivity index (χ0n) is 67.5. The van der Waals surface area contributed by atoms with E-state index in [-0.39, 0.29) is 124 Å². The van der Waals surface area contributed by atoms with Crippen molar-refractivity contribution in [2.75, 3.05) is 101 Å². The van der Waals surface area contributed by atoms with Gasteiger partial charge in [-0.1, -0.05) is 65.9 Å². The summed E-state index contributed by atoms with van der Waals surface area (Å²) in [6, 6.07) is 17.5. The number of aliphatic hydroxyl groups excluding tert-OH is 1. The third-order valence-corrected chi connectivity index (χ3v) is 22.3. The Kier molecular flexibility index (Phi) is 29.6. The first-order valence-corrected chi connectivity index (χ1v) is 40.2. The Labute approximate surface area is 678 Å². The predicted molar refractivity (Wildman–Crippen MR) is 424 cm³/mol. The first-order valence-electron chi connectivity index (χ1n) is 40.2. The standard InChI is InChI=1S/C84H108FN15O17/c1-52-78(108)92-68(46-88-73(104)26-34-115-36-37-116-35-33-100(4,5)6)80(110)90-66-40-57-10-8-11-58(38-57)45-87-75(106)51-117-72-25-30-98-77(72)71(103)44-64(53(2)101)79(109)91-67(39-55-16-19-63(114-7)20-17-55)82(112)99-29-9-27-84(99,3)83(113)86-28-24-54-12-14-56(15-13-54)47-95(76(107)23-22-74(105)89-52)31-32-97-50-62(93-94-97)49-96-48-60(41-59(81(98)111)42-70(66)102)65-43-61(85)18-21-69(65)96/h8,10-21,38,43,48,50,52-53,59,64,66-68,72,77,101H,9,22-37,39-42,44-47,49,51H2,1-7H3,(H6-,86,87,88,89,90,91,92,104,105,106,108,109,110,113)/p+1/t52-,53+,59+,64-,66-,67-,68+,72-,77+,84-/m0/s1. The van der Waals surface area contributed by atoms with Gasteiger partial charge in [-0.3, -0.25) is 62.2 Å². The molecule has 0 radical (unpaired) electrons. The number of aliphatic hydroxyl groups is 1. The number of quaternary nitrogens is 1. The lowest BCUT2D eigenvalue weighted by atomic mass is 9.87. The van der Waals surface area contributed by atoms with E-state index in [1.165, 1.54) is 42.9 Å². The van der Waals surface area contributed by atoms with Gasteiger partial charge in [-0.15, -0.1) is 5.10 Å². The van der Waals surface area contributed by atoms with Gasteiger partial charge in [0.05, 0.1) is 98.1 Å². The molecule has 628 valence electrons. The van der Waals surface area contributed by atoms with Crippen molar-refractivity contribution in [2.24, 2.45) is 11.8 Å². The van der Waals surface area contributed by atoms with Crippen LogP contribution in [-0.4, -0.2) is 263 Å². The number of methoxy groups -OCH3 is 1. The van der Waals surface area contributed by atoms with Crippen LogP contribution in [0.1, 0.15) is 111 Å². The number of hydrogen-bond acceptors (Lipinski definition) is 19. The third-order valence-electron chi connectivity index (χ3n) is 22.3. The number of amides is 10. The van der Waals surface area contributed by atoms with Crippen molar-refractivity contribution in [1.29, 1.82) is 0 Å². The number of halogens is 1. The van der Waals surface area contributed by atoms with Crippen LogP contribution in [0.25, 0.3) is 10.9 Å². The number of likely N-dealkylation sites (N-methyl/N-ethyl adjacent to an activating group) is 1. The lowest BCUT2D eigenvalue weighted by Crippen LogP contribution is -2.60. The predicted octanol–water partition coefficient (Wildman–Crippen LogP) is 1.68. The fraction of sp³-hybridized carbons (Fsp3) is 0.524. The molecule has 117 heavy (non-hydrogen) atoms. The van der Waals surface area contributed by atoms with E-state index >= 15 is 33.2 Å². The Hall–Kier alpha value is -10.9. The van der Waals surface area contributed by atoms with Gasteiger partial charge in [0.25, 0.3) is 0 Å². The summed E-state index contributed by atoms with van der Waals surface area (Å²) in [5.41, 5.74) is 2.96. The number of nitrogens with zero attached hydrogens (tertiary/aromatic N) is 8. The summed E-state index contributed by atoms with van der Waals surface area (Å²) in [5, 5.41) is 40.6. The second kappa shape index (κ2) is 39.9. The molecule has 10 amide bonds. The van der Waals surface area contributed by atoms with Gasteiger partial charge in [-0.2, -0.15) is 0 Å². The van der Waals surface area contributed by atoms with E-state index in [9.17, 15) is 33.9 Å². The van der Waals surface area contributed by atoms with E-state index < -0.39 is 162 Å². The Balaban J connectivity index is 1.01. The van der Waals surface area contributed by atoms with Crippen LogP contribution in [-0.2, 0) is 124 Å². The molecule has 8 heterocycles. The first-order chi connectivity index (χ1) is 56.0. The van der Waals surface area contributed by atoms with Crippen molar-refractivity contribution in [3.63, 3.8) is 0 Å². The molecule has 8 N–H and O–H groups in total. The van der Waals surface area contributed by atoms with Crippen molar-refractivity contribution in [3.8, 4) is 5.75 Å². The highest BCUT2D eigenvalue weighted by Gasteiger charge is 2.50. The molecule has 0 unspecified atom stereocenters. The SMILES string of the molecule is COc1ccc(C[C@@H]2NC(=O)[C@H]([C@@H](C)O)CC(=O)[C@@H]3[C@@H]4CCN3C(=O)[C@H]3CC(=O)[C@H](Cc5cccc(c5)CNC(=O)CO4)NC(=O)[C@@H](CNC(=O)CCOCCOCC[N+](C)(C)C)NC(=O)[C@H](C)NC(=O)CCC(=O)N(CCn4cc(nn4)Cn4cc(c5cc(F)ccc54)C3)Cc3ccc(cc3)CCNC(=O)[C@]3(C)CCCN3C2=O)cc1. The summed E-state index contributed by atoms with van der Waals surface area (Å²) in [6.45, 7) is 5.03. The van der Waals surface area contributed by atoms with Crippen molar-refractivity contribution >= 4 is 81.5 Å². The highest BCUT2D eigenvalue weighted by Crippen LogP contribution is 2.35. The molecule has 6 aromatic rings. The number of carbonyl (C=O) groups excluding carboxylic acids is 12. The van der Waals surface area contributed by atoms with Gasteiger partial charge in [-0.25, -0.2) is 4.39 Å². The Morgan fingerprint density at radius 3 is 2.22 bits per heavy atom. The second-order valence-electron chi connectivity index (χ2n) is 32.2. The van der Waals surface area contributed by atoms with Gasteiger partial charge in [0.15, 0.2) is 11.6 Å². The van der Waals surface area contributed by atoms with E-state index in [4.69, 9.17) is 18.9 Å². The zero-order valence-corrected chi connectivity index (χ0v) is 67.5. The van der Waals surface area contributed by atoms with Crippen LogP contribution in [0.15, 0.2) is 103 Å². The van der Waals surface area contributed by atoms with E-state index in [2.05, 4.69) is 47.5 Å². The van der Waals surface area contributed by atoms with E-state index in [1.807, 2.05) is 45.4 Å². The molecule has 10 atom stereocenters. The van der Waals surface area contributed by atoms with Crippen LogP contribution < -0.4 is 42.0 Å². The minimum Gasteiger partial charge on any atom is -0.497 e. The summed E-state index contributed by atoms with van der Waals surface area (Å²) in [6.07, 6.45) is -1.57. The van der Waals surface area contributed by atoms with Crippen molar-refractivity contribution in [1.82, 2.24) is 71.5 Å². The highest BCUT2D eigenvalue weighted by atomic mass is 19.1. The summed E-state index contributed by atoms with van der Waals surface area (Å²) in [5.74, 6) is -11.8. The number of carbonyl (C=O) groups is 12. The number of aromatic nitrogens is 4. The molecule has 6 aliphatic heterocycles. The topological polar surface area (TPSA) is 392 Å². The zero-order chi connectivity index (χ0) is 83.7. The Morgan fingerprint density at radius 2 is 1.47 bits per heavy atom.